The maximum absolute atomic E-state index is 13.6. The molecule has 0 saturated carbocycles. The van der Waals surface area contributed by atoms with E-state index in [1.807, 2.05) is 0 Å². The lowest BCUT2D eigenvalue weighted by Gasteiger charge is -2.30. The lowest BCUT2D eigenvalue weighted by molar-refractivity contribution is -0.148. The zero-order valence-electron chi connectivity index (χ0n) is 16.5. The number of rotatable bonds is 4. The molecule has 2 aromatic rings. The number of benzene rings is 1. The van der Waals surface area contributed by atoms with E-state index < -0.39 is 49.2 Å². The number of nitrogens with two attached hydrogens (primary N) is 1. The van der Waals surface area contributed by atoms with Crippen molar-refractivity contribution in [2.45, 2.75) is 38.1 Å². The lowest BCUT2D eigenvalue weighted by atomic mass is 10.0. The number of carbonyl (C=O) groups is 1. The number of hydrogen-bond donors (Lipinski definition) is 4. The topological polar surface area (TPSA) is 155 Å². The smallest absolute Gasteiger partial charge is 0.332 e. The van der Waals surface area contributed by atoms with E-state index in [2.05, 4.69) is 10.2 Å². The van der Waals surface area contributed by atoms with Crippen LogP contribution in [-0.2, 0) is 35.0 Å². The quantitative estimate of drug-likeness (QED) is 0.274. The van der Waals surface area contributed by atoms with Crippen LogP contribution >= 0.6 is 7.82 Å². The summed E-state index contributed by atoms with van der Waals surface area (Å²) >= 11 is 0. The van der Waals surface area contributed by atoms with Crippen LogP contribution in [0.4, 0.5) is 26.3 Å². The molecule has 0 radical (unpaired) electrons. The van der Waals surface area contributed by atoms with Gasteiger partial charge in [0, 0.05) is 19.2 Å². The van der Waals surface area contributed by atoms with E-state index in [1.54, 1.807) is 0 Å². The van der Waals surface area contributed by atoms with E-state index in [4.69, 9.17) is 25.0 Å². The molecule has 1 aliphatic heterocycles. The van der Waals surface area contributed by atoms with Gasteiger partial charge in [0.1, 0.15) is 5.82 Å². The van der Waals surface area contributed by atoms with E-state index in [1.165, 1.54) is 4.90 Å². The third-order valence-corrected chi connectivity index (χ3v) is 4.45. The molecule has 2 heterocycles. The molecular weight excluding hydrogens is 487 g/mol. The molecule has 0 bridgehead atoms. The predicted molar refractivity (Wildman–Crippen MR) is 97.3 cm³/mol. The van der Waals surface area contributed by atoms with Crippen LogP contribution in [0, 0.1) is 17.5 Å². The highest BCUT2D eigenvalue weighted by Gasteiger charge is 2.40. The Balaban J connectivity index is 0.000000696. The number of aryl methyl sites for hydroxylation is 1. The molecule has 0 spiro atoms. The Morgan fingerprint density at radius 1 is 1.09 bits per heavy atom. The molecule has 1 aliphatic rings. The highest BCUT2D eigenvalue weighted by atomic mass is 31.2. The van der Waals surface area contributed by atoms with Crippen LogP contribution in [0.3, 0.4) is 0 Å². The molecule has 10 nitrogen and oxygen atoms in total. The first-order valence-corrected chi connectivity index (χ1v) is 10.6. The Labute approximate surface area is 181 Å². The molecule has 1 aromatic carbocycles. The Morgan fingerprint density at radius 3 is 2.24 bits per heavy atom. The summed E-state index contributed by atoms with van der Waals surface area (Å²) in [6.45, 7) is -0.372. The third kappa shape index (κ3) is 7.50. The Bertz CT molecular complexity index is 1050. The van der Waals surface area contributed by atoms with Crippen LogP contribution in [0.1, 0.15) is 23.6 Å². The summed E-state index contributed by atoms with van der Waals surface area (Å²) < 4.78 is 88.1. The summed E-state index contributed by atoms with van der Waals surface area (Å²) in [5.41, 5.74) is 5.67. The van der Waals surface area contributed by atoms with Crippen LogP contribution in [-0.4, -0.2) is 52.8 Å². The van der Waals surface area contributed by atoms with Crippen molar-refractivity contribution in [3.63, 3.8) is 0 Å². The summed E-state index contributed by atoms with van der Waals surface area (Å²) in [6.07, 6.45) is -4.82. The largest absolute Gasteiger partial charge is 0.466 e. The lowest BCUT2D eigenvalue weighted by Crippen LogP contribution is -2.47. The van der Waals surface area contributed by atoms with E-state index in [0.29, 0.717) is 12.1 Å². The van der Waals surface area contributed by atoms with Crippen LogP contribution < -0.4 is 5.73 Å². The molecular formula is C16H18F6N5O5P. The van der Waals surface area contributed by atoms with Gasteiger partial charge in [-0.1, -0.05) is 0 Å². The van der Waals surface area contributed by atoms with Crippen LogP contribution in [0.25, 0.3) is 0 Å². The first kappa shape index (κ1) is 26.7. The van der Waals surface area contributed by atoms with Gasteiger partial charge >= 0.3 is 14.0 Å². The normalized spacial score (nSPS) is 14.9. The second-order valence-corrected chi connectivity index (χ2v) is 7.89. The molecule has 3 rings (SSSR count). The highest BCUT2D eigenvalue weighted by molar-refractivity contribution is 7.45. The molecule has 184 valence electrons. The minimum absolute atomic E-state index is 0.0224. The number of amides is 1. The molecule has 1 unspecified atom stereocenters. The fraction of sp³-hybridized carbons (Fsp3) is 0.438. The van der Waals surface area contributed by atoms with Crippen molar-refractivity contribution in [2.75, 3.05) is 6.54 Å². The number of aromatic nitrogens is 3. The molecule has 1 aromatic heterocycles. The first-order chi connectivity index (χ1) is 15.1. The van der Waals surface area contributed by atoms with Gasteiger partial charge in [-0.15, -0.1) is 10.2 Å². The first-order valence-electron chi connectivity index (χ1n) is 9.03. The van der Waals surface area contributed by atoms with Gasteiger partial charge in [-0.2, -0.15) is 13.2 Å². The summed E-state index contributed by atoms with van der Waals surface area (Å²) in [7, 11) is -4.64. The van der Waals surface area contributed by atoms with Gasteiger partial charge in [-0.05, 0) is 24.5 Å². The van der Waals surface area contributed by atoms with E-state index in [9.17, 15) is 31.1 Å². The maximum atomic E-state index is 13.6. The van der Waals surface area contributed by atoms with Crippen molar-refractivity contribution in [3.05, 3.63) is 46.8 Å². The molecule has 0 saturated heterocycles. The Hall–Kier alpha value is -2.52. The van der Waals surface area contributed by atoms with Gasteiger partial charge in [0.2, 0.25) is 11.7 Å². The van der Waals surface area contributed by atoms with Crippen molar-refractivity contribution < 1.29 is 50.4 Å². The number of fused-ring (bicyclic) bond motifs is 1. The summed E-state index contributed by atoms with van der Waals surface area (Å²) in [6, 6.07) is 0.0153. The summed E-state index contributed by atoms with van der Waals surface area (Å²) in [4.78, 5) is 35.2. The average Bonchev–Trinajstić information content (AvgIpc) is 3.11. The average molecular weight is 505 g/mol. The zero-order valence-corrected chi connectivity index (χ0v) is 17.4. The number of phosphoric acid groups is 1. The van der Waals surface area contributed by atoms with E-state index >= 15 is 0 Å². The number of nitrogens with zero attached hydrogens (tertiary/aromatic N) is 4. The number of hydrogen-bond acceptors (Lipinski definition) is 5. The fourth-order valence-electron chi connectivity index (χ4n) is 2.98. The van der Waals surface area contributed by atoms with Gasteiger partial charge in [0.25, 0.3) is 0 Å². The molecule has 1 atom stereocenters. The van der Waals surface area contributed by atoms with Gasteiger partial charge in [0.15, 0.2) is 17.5 Å². The van der Waals surface area contributed by atoms with Crippen molar-refractivity contribution in [2.24, 2.45) is 5.73 Å². The molecule has 5 N–H and O–H groups in total. The Morgan fingerprint density at radius 2 is 1.67 bits per heavy atom. The molecule has 0 aliphatic carbocycles. The zero-order chi connectivity index (χ0) is 25.1. The van der Waals surface area contributed by atoms with Gasteiger partial charge in [0.05, 0.1) is 12.6 Å². The molecule has 33 heavy (non-hydrogen) atoms. The second kappa shape index (κ2) is 10.2. The number of carbonyl (C=O) groups excluding carboxylic acids is 1. The molecule has 0 fully saturated rings. The van der Waals surface area contributed by atoms with Crippen molar-refractivity contribution >= 4 is 13.7 Å². The van der Waals surface area contributed by atoms with Gasteiger partial charge in [-0.3, -0.25) is 4.79 Å². The highest BCUT2D eigenvalue weighted by Crippen LogP contribution is 2.29. The van der Waals surface area contributed by atoms with Crippen molar-refractivity contribution in [1.82, 2.24) is 19.7 Å². The fourth-order valence-corrected chi connectivity index (χ4v) is 2.98. The number of alkyl halides is 3. The van der Waals surface area contributed by atoms with E-state index in [-0.39, 0.29) is 43.9 Å². The van der Waals surface area contributed by atoms with Crippen LogP contribution in [0.2, 0.25) is 0 Å². The Kier molecular flexibility index (Phi) is 8.24. The standard InChI is InChI=1S/C16H15F6N5O.H3O4P/c17-9-6-11(19)10(18)5-8(9)1-2-12(23)14(28)26-3-4-27-13(7-26)24-25-15(27)16(20,21)22;1-5(2,3)4/h5-6,12H,1-4,7,23H2;(H3,1,2,3,4). The van der Waals surface area contributed by atoms with Crippen molar-refractivity contribution in [3.8, 4) is 0 Å². The monoisotopic (exact) mass is 505 g/mol. The SMILES string of the molecule is NC(CCc1cc(F)c(F)cc1F)C(=O)N1CCn2c(nnc2C(F)(F)F)C1.O=P(O)(O)O. The molecule has 17 heteroatoms. The third-order valence-electron chi connectivity index (χ3n) is 4.45. The predicted octanol–water partition coefficient (Wildman–Crippen LogP) is 1.09. The minimum atomic E-state index is -4.65. The maximum Gasteiger partial charge on any atom is 0.466 e. The summed E-state index contributed by atoms with van der Waals surface area (Å²) in [5, 5.41) is 6.59. The summed E-state index contributed by atoms with van der Waals surface area (Å²) in [5.74, 6) is -5.21. The second-order valence-electron chi connectivity index (χ2n) is 6.87. The van der Waals surface area contributed by atoms with E-state index in [0.717, 1.165) is 4.57 Å². The van der Waals surface area contributed by atoms with Crippen molar-refractivity contribution in [1.29, 1.82) is 0 Å². The molecule has 1 amide bonds. The minimum Gasteiger partial charge on any atom is -0.332 e. The van der Waals surface area contributed by atoms with Crippen LogP contribution in [0.15, 0.2) is 12.1 Å². The van der Waals surface area contributed by atoms with Crippen LogP contribution in [0.5, 0.6) is 0 Å². The number of halogens is 6. The van der Waals surface area contributed by atoms with Gasteiger partial charge < -0.3 is 29.9 Å². The van der Waals surface area contributed by atoms with Gasteiger partial charge in [-0.25, -0.2) is 17.7 Å².